The van der Waals surface area contributed by atoms with Gasteiger partial charge in [0.25, 0.3) is 0 Å². The van der Waals surface area contributed by atoms with E-state index in [0.717, 1.165) is 36.7 Å². The molecule has 0 bridgehead atoms. The monoisotopic (exact) mass is 247 g/mol. The lowest BCUT2D eigenvalue weighted by Gasteiger charge is -2.20. The highest BCUT2D eigenvalue weighted by Gasteiger charge is 2.17. The first-order valence-corrected chi connectivity index (χ1v) is 6.36. The van der Waals surface area contributed by atoms with Gasteiger partial charge in [0.1, 0.15) is 0 Å². The molecule has 5 nitrogen and oxygen atoms in total. The summed E-state index contributed by atoms with van der Waals surface area (Å²) >= 11 is 0. The van der Waals surface area contributed by atoms with E-state index in [1.54, 1.807) is 11.6 Å². The van der Waals surface area contributed by atoms with Crippen LogP contribution in [0.1, 0.15) is 25.1 Å². The largest absolute Gasteiger partial charge is 0.493 e. The molecule has 1 fully saturated rings. The molecule has 2 aromatic rings. The first-order chi connectivity index (χ1) is 8.86. The van der Waals surface area contributed by atoms with Gasteiger partial charge in [0.05, 0.1) is 13.2 Å². The smallest absolute Gasteiger partial charge is 0.198 e. The van der Waals surface area contributed by atoms with Crippen molar-refractivity contribution in [2.24, 2.45) is 0 Å². The van der Waals surface area contributed by atoms with Crippen molar-refractivity contribution >= 4 is 5.65 Å². The summed E-state index contributed by atoms with van der Waals surface area (Å²) in [5.74, 6) is 1.58. The van der Waals surface area contributed by atoms with E-state index in [2.05, 4.69) is 10.1 Å². The van der Waals surface area contributed by atoms with Crippen molar-refractivity contribution < 1.29 is 9.47 Å². The summed E-state index contributed by atoms with van der Waals surface area (Å²) in [6.45, 7) is 0.862. The molecule has 0 amide bonds. The maximum Gasteiger partial charge on any atom is 0.198 e. The molecule has 0 spiro atoms. The Labute approximate surface area is 106 Å². The third-order valence-corrected chi connectivity index (χ3v) is 3.27. The molecule has 1 atom stereocenters. The summed E-state index contributed by atoms with van der Waals surface area (Å²) in [5, 5.41) is 4.46. The molecule has 1 saturated heterocycles. The zero-order chi connectivity index (χ0) is 12.4. The molecular formula is C13H17N3O2. The second-order valence-electron chi connectivity index (χ2n) is 4.57. The van der Waals surface area contributed by atoms with Crippen molar-refractivity contribution in [3.05, 3.63) is 24.2 Å². The van der Waals surface area contributed by atoms with E-state index in [4.69, 9.17) is 9.47 Å². The van der Waals surface area contributed by atoms with Gasteiger partial charge in [0.15, 0.2) is 17.2 Å². The summed E-state index contributed by atoms with van der Waals surface area (Å²) in [7, 11) is 1.65. The normalized spacial score (nSPS) is 20.2. The molecule has 1 unspecified atom stereocenters. The van der Waals surface area contributed by atoms with Gasteiger partial charge in [-0.25, -0.2) is 9.50 Å². The predicted octanol–water partition coefficient (Wildman–Crippen LogP) is 1.85. The van der Waals surface area contributed by atoms with Crippen LogP contribution in [0.4, 0.5) is 0 Å². The van der Waals surface area contributed by atoms with Gasteiger partial charge < -0.3 is 9.47 Å². The SMILES string of the molecule is COc1cccn2nc(CC3CCCCO3)nc12. The van der Waals surface area contributed by atoms with Crippen molar-refractivity contribution in [1.82, 2.24) is 14.6 Å². The fraction of sp³-hybridized carbons (Fsp3) is 0.538. The van der Waals surface area contributed by atoms with E-state index in [-0.39, 0.29) is 6.10 Å². The molecule has 0 aromatic carbocycles. The second-order valence-corrected chi connectivity index (χ2v) is 4.57. The van der Waals surface area contributed by atoms with E-state index in [9.17, 15) is 0 Å². The van der Waals surface area contributed by atoms with Crippen molar-refractivity contribution in [2.45, 2.75) is 31.8 Å². The summed E-state index contributed by atoms with van der Waals surface area (Å²) in [6.07, 6.45) is 6.44. The Bertz CT molecular complexity index is 532. The number of rotatable bonds is 3. The van der Waals surface area contributed by atoms with Gasteiger partial charge in [-0.2, -0.15) is 5.10 Å². The average Bonchev–Trinajstić information content (AvgIpc) is 2.82. The quantitative estimate of drug-likeness (QED) is 0.830. The fourth-order valence-corrected chi connectivity index (χ4v) is 2.34. The Hall–Kier alpha value is -1.62. The zero-order valence-electron chi connectivity index (χ0n) is 10.5. The first kappa shape index (κ1) is 11.5. The summed E-state index contributed by atoms with van der Waals surface area (Å²) in [4.78, 5) is 4.52. The van der Waals surface area contributed by atoms with Gasteiger partial charge in [0.2, 0.25) is 0 Å². The van der Waals surface area contributed by atoms with Crippen LogP contribution in [-0.2, 0) is 11.2 Å². The standard InChI is InChI=1S/C13H17N3O2/c1-17-11-6-4-7-16-13(11)14-12(15-16)9-10-5-2-3-8-18-10/h4,6-7,10H,2-3,5,8-9H2,1H3. The highest BCUT2D eigenvalue weighted by Crippen LogP contribution is 2.19. The Morgan fingerprint density at radius 3 is 3.22 bits per heavy atom. The summed E-state index contributed by atoms with van der Waals surface area (Å²) in [5.41, 5.74) is 0.769. The molecule has 0 radical (unpaired) electrons. The van der Waals surface area contributed by atoms with Crippen LogP contribution in [0.3, 0.4) is 0 Å². The molecule has 0 aliphatic carbocycles. The lowest BCUT2D eigenvalue weighted by atomic mass is 10.1. The van der Waals surface area contributed by atoms with Crippen LogP contribution in [0.15, 0.2) is 18.3 Å². The van der Waals surface area contributed by atoms with Crippen LogP contribution in [0.25, 0.3) is 5.65 Å². The molecule has 5 heteroatoms. The van der Waals surface area contributed by atoms with Crippen LogP contribution in [-0.4, -0.2) is 34.4 Å². The summed E-state index contributed by atoms with van der Waals surface area (Å²) < 4.78 is 12.8. The zero-order valence-corrected chi connectivity index (χ0v) is 10.5. The number of hydrogen-bond acceptors (Lipinski definition) is 4. The van der Waals surface area contributed by atoms with Crippen molar-refractivity contribution in [3.63, 3.8) is 0 Å². The Morgan fingerprint density at radius 1 is 1.50 bits per heavy atom. The Kier molecular flexibility index (Phi) is 3.15. The number of fused-ring (bicyclic) bond motifs is 1. The fourth-order valence-electron chi connectivity index (χ4n) is 2.34. The molecule has 1 aliphatic rings. The molecule has 96 valence electrons. The van der Waals surface area contributed by atoms with Crippen LogP contribution < -0.4 is 4.74 Å². The van der Waals surface area contributed by atoms with Gasteiger partial charge in [-0.05, 0) is 31.4 Å². The lowest BCUT2D eigenvalue weighted by molar-refractivity contribution is 0.0157. The maximum atomic E-state index is 5.71. The molecule has 1 aliphatic heterocycles. The van der Waals surface area contributed by atoms with Gasteiger partial charge in [-0.1, -0.05) is 0 Å². The lowest BCUT2D eigenvalue weighted by Crippen LogP contribution is -2.21. The minimum absolute atomic E-state index is 0.266. The number of ether oxygens (including phenoxy) is 2. The third-order valence-electron chi connectivity index (χ3n) is 3.27. The number of pyridine rings is 1. The molecule has 2 aromatic heterocycles. The number of hydrogen-bond donors (Lipinski definition) is 0. The molecule has 3 rings (SSSR count). The van der Waals surface area contributed by atoms with Gasteiger partial charge in [-0.3, -0.25) is 0 Å². The predicted molar refractivity (Wildman–Crippen MR) is 66.8 cm³/mol. The van der Waals surface area contributed by atoms with Crippen LogP contribution in [0.2, 0.25) is 0 Å². The van der Waals surface area contributed by atoms with Gasteiger partial charge >= 0.3 is 0 Å². The van der Waals surface area contributed by atoms with E-state index < -0.39 is 0 Å². The van der Waals surface area contributed by atoms with E-state index in [1.807, 2.05) is 18.3 Å². The van der Waals surface area contributed by atoms with Crippen LogP contribution in [0.5, 0.6) is 5.75 Å². The number of nitrogens with zero attached hydrogens (tertiary/aromatic N) is 3. The van der Waals surface area contributed by atoms with Crippen molar-refractivity contribution in [3.8, 4) is 5.75 Å². The molecule has 3 heterocycles. The van der Waals surface area contributed by atoms with Crippen molar-refractivity contribution in [2.75, 3.05) is 13.7 Å². The minimum Gasteiger partial charge on any atom is -0.493 e. The number of aromatic nitrogens is 3. The highest BCUT2D eigenvalue weighted by molar-refractivity contribution is 5.52. The van der Waals surface area contributed by atoms with E-state index in [1.165, 1.54) is 12.8 Å². The molecule has 18 heavy (non-hydrogen) atoms. The van der Waals surface area contributed by atoms with Crippen LogP contribution in [0, 0.1) is 0 Å². The van der Waals surface area contributed by atoms with E-state index >= 15 is 0 Å². The topological polar surface area (TPSA) is 48.7 Å². The summed E-state index contributed by atoms with van der Waals surface area (Å²) in [6, 6.07) is 3.80. The first-order valence-electron chi connectivity index (χ1n) is 6.36. The average molecular weight is 247 g/mol. The van der Waals surface area contributed by atoms with E-state index in [0.29, 0.717) is 0 Å². The minimum atomic E-state index is 0.266. The van der Waals surface area contributed by atoms with Gasteiger partial charge in [-0.15, -0.1) is 0 Å². The Balaban J connectivity index is 1.84. The maximum absolute atomic E-state index is 5.71. The highest BCUT2D eigenvalue weighted by atomic mass is 16.5. The van der Waals surface area contributed by atoms with Crippen LogP contribution >= 0.6 is 0 Å². The Morgan fingerprint density at radius 2 is 2.44 bits per heavy atom. The third kappa shape index (κ3) is 2.18. The second kappa shape index (κ2) is 4.94. The number of methoxy groups -OCH3 is 1. The molecule has 0 N–H and O–H groups in total. The molecular weight excluding hydrogens is 230 g/mol. The molecule has 0 saturated carbocycles. The van der Waals surface area contributed by atoms with Crippen molar-refractivity contribution in [1.29, 1.82) is 0 Å². The van der Waals surface area contributed by atoms with Gasteiger partial charge in [0, 0.05) is 19.2 Å².